The molecule has 0 saturated carbocycles. The summed E-state index contributed by atoms with van der Waals surface area (Å²) < 4.78 is 11.6. The van der Waals surface area contributed by atoms with Crippen LogP contribution in [-0.4, -0.2) is 22.8 Å². The maximum Gasteiger partial charge on any atom is 0.343 e. The fraction of sp³-hybridized carbons (Fsp3) is 0.0800. The monoisotopic (exact) mass is 495 g/mol. The zero-order valence-electron chi connectivity index (χ0n) is 17.5. The molecule has 1 saturated heterocycles. The van der Waals surface area contributed by atoms with E-state index in [1.807, 2.05) is 13.0 Å². The Labute approximate surface area is 205 Å². The molecular formula is C25H18ClNO4S2. The summed E-state index contributed by atoms with van der Waals surface area (Å²) in [6.07, 6.45) is 1.73. The number of thioether (sulfide) groups is 1. The van der Waals surface area contributed by atoms with Gasteiger partial charge in [0.25, 0.3) is 5.91 Å². The molecule has 5 nitrogen and oxygen atoms in total. The first-order valence-electron chi connectivity index (χ1n) is 10.0. The van der Waals surface area contributed by atoms with Crippen molar-refractivity contribution in [3.05, 3.63) is 93.9 Å². The number of thiocarbonyl (C=S) groups is 1. The number of ether oxygens (including phenoxy) is 2. The maximum absolute atomic E-state index is 13.0. The van der Waals surface area contributed by atoms with Crippen LogP contribution in [0.5, 0.6) is 11.5 Å². The molecule has 3 aromatic carbocycles. The van der Waals surface area contributed by atoms with Crippen LogP contribution >= 0.6 is 35.6 Å². The molecule has 0 unspecified atom stereocenters. The molecule has 1 aliphatic rings. The number of amides is 1. The first kappa shape index (κ1) is 23.0. The minimum Gasteiger partial charge on any atom is -0.490 e. The summed E-state index contributed by atoms with van der Waals surface area (Å²) >= 11 is 12.7. The van der Waals surface area contributed by atoms with Gasteiger partial charge >= 0.3 is 5.97 Å². The highest BCUT2D eigenvalue weighted by molar-refractivity contribution is 8.27. The first-order valence-corrected chi connectivity index (χ1v) is 11.6. The second-order valence-corrected chi connectivity index (χ2v) is 9.00. The van der Waals surface area contributed by atoms with E-state index in [1.165, 1.54) is 16.7 Å². The molecule has 0 aliphatic carbocycles. The molecule has 33 heavy (non-hydrogen) atoms. The van der Waals surface area contributed by atoms with E-state index in [1.54, 1.807) is 72.8 Å². The highest BCUT2D eigenvalue weighted by Gasteiger charge is 2.33. The molecule has 0 atom stereocenters. The number of hydrogen-bond donors (Lipinski definition) is 0. The summed E-state index contributed by atoms with van der Waals surface area (Å²) in [5.41, 5.74) is 1.77. The van der Waals surface area contributed by atoms with Gasteiger partial charge < -0.3 is 9.47 Å². The molecule has 1 amide bonds. The minimum atomic E-state index is -0.480. The summed E-state index contributed by atoms with van der Waals surface area (Å²) in [7, 11) is 0. The van der Waals surface area contributed by atoms with Crippen LogP contribution in [0.3, 0.4) is 0 Å². The maximum atomic E-state index is 13.0. The summed E-state index contributed by atoms with van der Waals surface area (Å²) in [5, 5.41) is 0.521. The van der Waals surface area contributed by atoms with Crippen LogP contribution in [0, 0.1) is 0 Å². The van der Waals surface area contributed by atoms with E-state index in [4.69, 9.17) is 33.3 Å². The van der Waals surface area contributed by atoms with Crippen LogP contribution in [0.1, 0.15) is 22.8 Å². The Bertz CT molecular complexity index is 1260. The molecule has 1 aliphatic heterocycles. The average Bonchev–Trinajstić information content (AvgIpc) is 3.08. The second kappa shape index (κ2) is 10.2. The van der Waals surface area contributed by atoms with Gasteiger partial charge in [-0.3, -0.25) is 9.69 Å². The lowest BCUT2D eigenvalue weighted by Crippen LogP contribution is -2.27. The van der Waals surface area contributed by atoms with E-state index in [-0.39, 0.29) is 5.91 Å². The van der Waals surface area contributed by atoms with E-state index < -0.39 is 5.97 Å². The topological polar surface area (TPSA) is 55.8 Å². The smallest absolute Gasteiger partial charge is 0.343 e. The molecule has 166 valence electrons. The van der Waals surface area contributed by atoms with Crippen LogP contribution in [0.25, 0.3) is 6.08 Å². The number of benzene rings is 3. The van der Waals surface area contributed by atoms with Crippen molar-refractivity contribution < 1.29 is 19.1 Å². The number of hydrogen-bond acceptors (Lipinski definition) is 6. The van der Waals surface area contributed by atoms with Gasteiger partial charge in [0, 0.05) is 5.02 Å². The van der Waals surface area contributed by atoms with Gasteiger partial charge in [-0.1, -0.05) is 65.9 Å². The Morgan fingerprint density at radius 3 is 2.58 bits per heavy atom. The molecule has 1 fully saturated rings. The van der Waals surface area contributed by atoms with Crippen LogP contribution in [0.4, 0.5) is 5.69 Å². The number of carbonyl (C=O) groups is 2. The Kier molecular flexibility index (Phi) is 7.13. The third-order valence-electron chi connectivity index (χ3n) is 4.64. The van der Waals surface area contributed by atoms with Gasteiger partial charge in [-0.25, -0.2) is 4.79 Å². The van der Waals surface area contributed by atoms with Crippen molar-refractivity contribution in [3.63, 3.8) is 0 Å². The summed E-state index contributed by atoms with van der Waals surface area (Å²) in [4.78, 5) is 27.4. The molecule has 3 aromatic rings. The Hall–Kier alpha value is -3.13. The highest BCUT2D eigenvalue weighted by Crippen LogP contribution is 2.38. The summed E-state index contributed by atoms with van der Waals surface area (Å²) in [5.74, 6) is -0.00770. The van der Waals surface area contributed by atoms with Crippen LogP contribution in [-0.2, 0) is 4.79 Å². The molecule has 4 rings (SSSR count). The lowest BCUT2D eigenvalue weighted by molar-refractivity contribution is -0.113. The van der Waals surface area contributed by atoms with Gasteiger partial charge in [0.05, 0.1) is 22.8 Å². The second-order valence-electron chi connectivity index (χ2n) is 6.89. The number of nitrogens with zero attached hydrogens (tertiary/aromatic N) is 1. The number of anilines is 1. The summed E-state index contributed by atoms with van der Waals surface area (Å²) in [6.45, 7) is 2.22. The molecule has 1 heterocycles. The predicted octanol–water partition coefficient (Wildman–Crippen LogP) is 6.36. The summed E-state index contributed by atoms with van der Waals surface area (Å²) in [6, 6.07) is 20.8. The van der Waals surface area contributed by atoms with Gasteiger partial charge in [-0.05, 0) is 61.0 Å². The van der Waals surface area contributed by atoms with Gasteiger partial charge in [-0.15, -0.1) is 0 Å². The minimum absolute atomic E-state index is 0.232. The van der Waals surface area contributed by atoms with Crippen molar-refractivity contribution in [2.45, 2.75) is 6.92 Å². The quantitative estimate of drug-likeness (QED) is 0.171. The van der Waals surface area contributed by atoms with Crippen molar-refractivity contribution >= 4 is 63.5 Å². The molecule has 0 bridgehead atoms. The number of esters is 1. The molecule has 0 N–H and O–H groups in total. The zero-order chi connectivity index (χ0) is 23.4. The van der Waals surface area contributed by atoms with Crippen LogP contribution in [0.2, 0.25) is 5.02 Å². The predicted molar refractivity (Wildman–Crippen MR) is 136 cm³/mol. The Morgan fingerprint density at radius 2 is 1.85 bits per heavy atom. The number of rotatable bonds is 6. The Morgan fingerprint density at radius 1 is 1.06 bits per heavy atom. The zero-order valence-corrected chi connectivity index (χ0v) is 19.9. The lowest BCUT2D eigenvalue weighted by atomic mass is 10.1. The standard InChI is InChI=1S/C25H18ClNO4S2/c1-2-30-21-13-16(11-12-20(21)31-24(29)17-7-4-3-5-8-17)14-22-23(28)27(25(32)33-22)19-10-6-9-18(26)15-19/h3-15H,2H2,1H3/b22-14-. The van der Waals surface area contributed by atoms with E-state index >= 15 is 0 Å². The molecular weight excluding hydrogens is 478 g/mol. The third kappa shape index (κ3) is 5.27. The van der Waals surface area contributed by atoms with Crippen molar-refractivity contribution in [1.29, 1.82) is 0 Å². The van der Waals surface area contributed by atoms with Crippen molar-refractivity contribution in [2.75, 3.05) is 11.5 Å². The van der Waals surface area contributed by atoms with Crippen LogP contribution < -0.4 is 14.4 Å². The SMILES string of the molecule is CCOc1cc(/C=C2\SC(=S)N(c3cccc(Cl)c3)C2=O)ccc1OC(=O)c1ccccc1. The third-order valence-corrected chi connectivity index (χ3v) is 6.17. The van der Waals surface area contributed by atoms with E-state index in [0.717, 1.165) is 0 Å². The van der Waals surface area contributed by atoms with Crippen molar-refractivity contribution in [3.8, 4) is 11.5 Å². The molecule has 8 heteroatoms. The van der Waals surface area contributed by atoms with Gasteiger partial charge in [0.15, 0.2) is 15.8 Å². The molecule has 0 aromatic heterocycles. The Balaban J connectivity index is 1.59. The van der Waals surface area contributed by atoms with Gasteiger partial charge in [-0.2, -0.15) is 0 Å². The number of halogens is 1. The fourth-order valence-electron chi connectivity index (χ4n) is 3.16. The first-order chi connectivity index (χ1) is 16.0. The largest absolute Gasteiger partial charge is 0.490 e. The van der Waals surface area contributed by atoms with Crippen LogP contribution in [0.15, 0.2) is 77.7 Å². The highest BCUT2D eigenvalue weighted by atomic mass is 35.5. The molecule has 0 radical (unpaired) electrons. The van der Waals surface area contributed by atoms with E-state index in [2.05, 4.69) is 0 Å². The fourth-order valence-corrected chi connectivity index (χ4v) is 4.64. The van der Waals surface area contributed by atoms with Crippen molar-refractivity contribution in [1.82, 2.24) is 0 Å². The van der Waals surface area contributed by atoms with E-state index in [9.17, 15) is 9.59 Å². The van der Waals surface area contributed by atoms with Gasteiger partial charge in [0.2, 0.25) is 0 Å². The lowest BCUT2D eigenvalue weighted by Gasteiger charge is -2.14. The normalized spacial score (nSPS) is 14.6. The average molecular weight is 496 g/mol. The van der Waals surface area contributed by atoms with Gasteiger partial charge in [0.1, 0.15) is 0 Å². The van der Waals surface area contributed by atoms with E-state index in [0.29, 0.717) is 49.2 Å². The van der Waals surface area contributed by atoms with Crippen molar-refractivity contribution in [2.24, 2.45) is 0 Å². The molecule has 0 spiro atoms. The number of carbonyl (C=O) groups excluding carboxylic acids is 2.